The molecule has 0 unspecified atom stereocenters. The molecule has 0 spiro atoms. The van der Waals surface area contributed by atoms with Gasteiger partial charge in [0.15, 0.2) is 0 Å². The van der Waals surface area contributed by atoms with E-state index in [1.54, 1.807) is 18.3 Å². The number of aromatic nitrogens is 1. The molecule has 2 heterocycles. The number of aryl methyl sites for hydroxylation is 1. The van der Waals surface area contributed by atoms with E-state index in [0.29, 0.717) is 25.2 Å². The average Bonchev–Trinajstić information content (AvgIpc) is 3.03. The third kappa shape index (κ3) is 4.44. The van der Waals surface area contributed by atoms with Gasteiger partial charge in [-0.15, -0.1) is 0 Å². The van der Waals surface area contributed by atoms with E-state index in [0.717, 1.165) is 32.1 Å². The van der Waals surface area contributed by atoms with Gasteiger partial charge < -0.3 is 9.88 Å². The highest BCUT2D eigenvalue weighted by Gasteiger charge is 2.26. The van der Waals surface area contributed by atoms with Gasteiger partial charge in [-0.3, -0.25) is 9.59 Å². The van der Waals surface area contributed by atoms with Gasteiger partial charge in [-0.2, -0.15) is 4.31 Å². The molecule has 1 fully saturated rings. The topological polar surface area (TPSA) is 88.5 Å². The average molecular weight is 434 g/mol. The van der Waals surface area contributed by atoms with Gasteiger partial charge in [0.2, 0.25) is 15.5 Å². The molecule has 3 rings (SSSR count). The number of hydrogen-bond acceptors (Lipinski definition) is 4. The lowest BCUT2D eigenvalue weighted by molar-refractivity contribution is 0.0937. The van der Waals surface area contributed by atoms with Gasteiger partial charge in [-0.25, -0.2) is 8.42 Å². The molecule has 1 aliphatic rings. The monoisotopic (exact) mass is 433 g/mol. The van der Waals surface area contributed by atoms with Crippen molar-refractivity contribution in [2.75, 3.05) is 13.1 Å². The third-order valence-corrected chi connectivity index (χ3v) is 7.72. The Labute approximate surface area is 178 Å². The second kappa shape index (κ2) is 9.31. The fourth-order valence-corrected chi connectivity index (χ4v) is 5.34. The summed E-state index contributed by atoms with van der Waals surface area (Å²) in [5.74, 6) is -0.431. The fourth-order valence-electron chi connectivity index (χ4n) is 3.80. The first-order valence-electron chi connectivity index (χ1n) is 10.8. The van der Waals surface area contributed by atoms with Crippen molar-refractivity contribution >= 4 is 26.8 Å². The van der Waals surface area contributed by atoms with Crippen LogP contribution in [0.1, 0.15) is 63.2 Å². The highest BCUT2D eigenvalue weighted by atomic mass is 32.2. The van der Waals surface area contributed by atoms with Gasteiger partial charge in [0, 0.05) is 37.3 Å². The van der Waals surface area contributed by atoms with E-state index >= 15 is 0 Å². The minimum absolute atomic E-state index is 0.0361. The predicted molar refractivity (Wildman–Crippen MR) is 118 cm³/mol. The Bertz CT molecular complexity index is 1080. The number of carbonyl (C=O) groups excluding carboxylic acids is 1. The second-order valence-electron chi connectivity index (χ2n) is 7.94. The van der Waals surface area contributed by atoms with Crippen LogP contribution in [0.3, 0.4) is 0 Å². The molecule has 1 N–H and O–H groups in total. The number of benzene rings is 1. The quantitative estimate of drug-likeness (QED) is 0.758. The first-order valence-corrected chi connectivity index (χ1v) is 12.2. The summed E-state index contributed by atoms with van der Waals surface area (Å²) in [6.07, 6.45) is 6.05. The van der Waals surface area contributed by atoms with E-state index in [2.05, 4.69) is 5.32 Å². The standard InChI is InChI=1S/C22H31N3O4S/c1-4-16(3)23-22(27)19-15-24(5-2)20-11-10-17(14-18(20)21(19)26)30(28,29)25-12-8-6-7-9-13-25/h10-11,14-16H,4-9,12-13H2,1-3H3,(H,23,27)/t16-/m0/s1. The highest BCUT2D eigenvalue weighted by Crippen LogP contribution is 2.23. The van der Waals surface area contributed by atoms with E-state index in [4.69, 9.17) is 0 Å². The Morgan fingerprint density at radius 3 is 2.40 bits per heavy atom. The number of carbonyl (C=O) groups is 1. The Morgan fingerprint density at radius 1 is 1.13 bits per heavy atom. The molecule has 8 heteroatoms. The molecule has 0 aliphatic carbocycles. The maximum Gasteiger partial charge on any atom is 0.256 e. The van der Waals surface area contributed by atoms with Gasteiger partial charge in [-0.05, 0) is 51.3 Å². The van der Waals surface area contributed by atoms with Crippen LogP contribution in [0.25, 0.3) is 10.9 Å². The molecule has 1 amide bonds. The summed E-state index contributed by atoms with van der Waals surface area (Å²) in [6.45, 7) is 7.30. The van der Waals surface area contributed by atoms with Crippen LogP contribution in [0.4, 0.5) is 0 Å². The molecule has 0 radical (unpaired) electrons. The van der Waals surface area contributed by atoms with Crippen LogP contribution in [-0.4, -0.2) is 42.3 Å². The van der Waals surface area contributed by atoms with Crippen molar-refractivity contribution in [3.05, 3.63) is 40.2 Å². The van der Waals surface area contributed by atoms with Gasteiger partial charge >= 0.3 is 0 Å². The van der Waals surface area contributed by atoms with Gasteiger partial charge in [0.25, 0.3) is 5.91 Å². The number of hydrogen-bond donors (Lipinski definition) is 1. The molecule has 1 aliphatic heterocycles. The molecule has 30 heavy (non-hydrogen) atoms. The number of fused-ring (bicyclic) bond motifs is 1. The first-order chi connectivity index (χ1) is 14.3. The molecule has 0 bridgehead atoms. The fraction of sp³-hybridized carbons (Fsp3) is 0.545. The molecule has 164 valence electrons. The van der Waals surface area contributed by atoms with Crippen molar-refractivity contribution in [3.8, 4) is 0 Å². The first kappa shape index (κ1) is 22.5. The number of nitrogens with one attached hydrogen (secondary N) is 1. The van der Waals surface area contributed by atoms with Gasteiger partial charge in [-0.1, -0.05) is 19.8 Å². The Balaban J connectivity index is 2.11. The normalized spacial score (nSPS) is 16.9. The summed E-state index contributed by atoms with van der Waals surface area (Å²) in [5.41, 5.74) is 0.217. The van der Waals surface area contributed by atoms with E-state index < -0.39 is 21.4 Å². The summed E-state index contributed by atoms with van der Waals surface area (Å²) >= 11 is 0. The summed E-state index contributed by atoms with van der Waals surface area (Å²) in [7, 11) is -3.68. The molecule has 1 aromatic carbocycles. The van der Waals surface area contributed by atoms with Crippen LogP contribution in [0.15, 0.2) is 34.1 Å². The molecular weight excluding hydrogens is 402 g/mol. The van der Waals surface area contributed by atoms with Crippen LogP contribution >= 0.6 is 0 Å². The van der Waals surface area contributed by atoms with Gasteiger partial charge in [0.05, 0.1) is 10.4 Å². The molecule has 0 saturated carbocycles. The Hall–Kier alpha value is -2.19. The van der Waals surface area contributed by atoms with Crippen molar-refractivity contribution in [1.82, 2.24) is 14.2 Å². The van der Waals surface area contributed by atoms with Crippen LogP contribution in [0, 0.1) is 0 Å². The van der Waals surface area contributed by atoms with E-state index in [-0.39, 0.29) is 21.9 Å². The third-order valence-electron chi connectivity index (χ3n) is 5.83. The number of amides is 1. The zero-order chi connectivity index (χ0) is 21.9. The number of nitrogens with zero attached hydrogens (tertiary/aromatic N) is 2. The Morgan fingerprint density at radius 2 is 1.80 bits per heavy atom. The zero-order valence-corrected chi connectivity index (χ0v) is 18.8. The van der Waals surface area contributed by atoms with Crippen molar-refractivity contribution in [2.24, 2.45) is 0 Å². The summed E-state index contributed by atoms with van der Waals surface area (Å²) < 4.78 is 29.7. The smallest absolute Gasteiger partial charge is 0.256 e. The van der Waals surface area contributed by atoms with Crippen LogP contribution < -0.4 is 10.7 Å². The van der Waals surface area contributed by atoms with Gasteiger partial charge in [0.1, 0.15) is 5.56 Å². The maximum atomic E-state index is 13.2. The summed E-state index contributed by atoms with van der Waals surface area (Å²) in [5, 5.41) is 3.08. The molecule has 1 aromatic heterocycles. The van der Waals surface area contributed by atoms with E-state index in [1.807, 2.05) is 25.3 Å². The molecule has 7 nitrogen and oxygen atoms in total. The van der Waals surface area contributed by atoms with Crippen LogP contribution in [0.5, 0.6) is 0 Å². The van der Waals surface area contributed by atoms with E-state index in [9.17, 15) is 18.0 Å². The predicted octanol–water partition coefficient (Wildman–Crippen LogP) is 3.11. The van der Waals surface area contributed by atoms with E-state index in [1.165, 1.54) is 10.4 Å². The lowest BCUT2D eigenvalue weighted by Gasteiger charge is -2.20. The summed E-state index contributed by atoms with van der Waals surface area (Å²) in [6, 6.07) is 4.61. The largest absolute Gasteiger partial charge is 0.349 e. The molecule has 1 saturated heterocycles. The zero-order valence-electron chi connectivity index (χ0n) is 18.0. The molecular formula is C22H31N3O4S. The number of rotatable bonds is 6. The van der Waals surface area contributed by atoms with Crippen LogP contribution in [0.2, 0.25) is 0 Å². The lowest BCUT2D eigenvalue weighted by atomic mass is 10.1. The molecule has 2 aromatic rings. The minimum atomic E-state index is -3.68. The van der Waals surface area contributed by atoms with Crippen molar-refractivity contribution in [3.63, 3.8) is 0 Å². The van der Waals surface area contributed by atoms with Crippen LogP contribution in [-0.2, 0) is 16.6 Å². The minimum Gasteiger partial charge on any atom is -0.349 e. The maximum absolute atomic E-state index is 13.2. The summed E-state index contributed by atoms with van der Waals surface area (Å²) in [4.78, 5) is 25.9. The lowest BCUT2D eigenvalue weighted by Crippen LogP contribution is -2.35. The van der Waals surface area contributed by atoms with Crippen molar-refractivity contribution < 1.29 is 13.2 Å². The molecule has 1 atom stereocenters. The second-order valence-corrected chi connectivity index (χ2v) is 9.88. The Kier molecular flexibility index (Phi) is 6.98. The number of sulfonamides is 1. The highest BCUT2D eigenvalue weighted by molar-refractivity contribution is 7.89. The SMILES string of the molecule is CC[C@H](C)NC(=O)c1cn(CC)c2ccc(S(=O)(=O)N3CCCCCC3)cc2c1=O. The number of pyridine rings is 1. The van der Waals surface area contributed by atoms with Crippen molar-refractivity contribution in [1.29, 1.82) is 0 Å². The van der Waals surface area contributed by atoms with Crippen molar-refractivity contribution in [2.45, 2.75) is 70.4 Å².